The Kier molecular flexibility index (Phi) is 3.20. The lowest BCUT2D eigenvalue weighted by molar-refractivity contribution is 0.0697. The molecule has 0 aliphatic rings. The van der Waals surface area contributed by atoms with E-state index in [1.165, 1.54) is 12.1 Å². The molecule has 0 fully saturated rings. The van der Waals surface area contributed by atoms with Crippen LogP contribution in [0.4, 0.5) is 0 Å². The highest BCUT2D eigenvalue weighted by Crippen LogP contribution is 2.31. The van der Waals surface area contributed by atoms with Crippen LogP contribution >= 0.6 is 11.8 Å². The monoisotopic (exact) mass is 285 g/mol. The van der Waals surface area contributed by atoms with Crippen LogP contribution in [0.3, 0.4) is 0 Å². The fraction of sp³-hybridized carbons (Fsp3) is 0.0667. The molecule has 1 heterocycles. The molecule has 1 aromatic heterocycles. The van der Waals surface area contributed by atoms with Crippen LogP contribution in [0.25, 0.3) is 22.6 Å². The van der Waals surface area contributed by atoms with Gasteiger partial charge in [-0.05, 0) is 36.6 Å². The summed E-state index contributed by atoms with van der Waals surface area (Å²) in [5.41, 5.74) is 2.25. The Hall–Kier alpha value is -2.27. The van der Waals surface area contributed by atoms with Gasteiger partial charge in [-0.3, -0.25) is 0 Å². The summed E-state index contributed by atoms with van der Waals surface area (Å²) in [5, 5.41) is 8.99. The minimum atomic E-state index is -0.971. The van der Waals surface area contributed by atoms with Crippen LogP contribution in [-0.2, 0) is 0 Å². The highest BCUT2D eigenvalue weighted by atomic mass is 32.2. The average Bonchev–Trinajstić information content (AvgIpc) is 2.89. The molecule has 100 valence electrons. The lowest BCUT2D eigenvalue weighted by atomic mass is 10.2. The van der Waals surface area contributed by atoms with Gasteiger partial charge in [0.1, 0.15) is 5.52 Å². The highest BCUT2D eigenvalue weighted by molar-refractivity contribution is 7.98. The highest BCUT2D eigenvalue weighted by Gasteiger charge is 2.13. The number of carboxylic acid groups (broad SMARTS) is 1. The minimum absolute atomic E-state index is 0.204. The number of aromatic nitrogens is 1. The summed E-state index contributed by atoms with van der Waals surface area (Å²) in [6.45, 7) is 0. The molecular formula is C15H11NO3S. The lowest BCUT2D eigenvalue weighted by Crippen LogP contribution is -1.94. The van der Waals surface area contributed by atoms with Crippen molar-refractivity contribution in [2.75, 3.05) is 6.26 Å². The van der Waals surface area contributed by atoms with Crippen molar-refractivity contribution in [2.45, 2.75) is 4.90 Å². The largest absolute Gasteiger partial charge is 0.478 e. The predicted molar refractivity (Wildman–Crippen MR) is 78.2 cm³/mol. The number of hydrogen-bond acceptors (Lipinski definition) is 4. The quantitative estimate of drug-likeness (QED) is 0.739. The third-order valence-electron chi connectivity index (χ3n) is 2.97. The van der Waals surface area contributed by atoms with E-state index in [0.29, 0.717) is 17.0 Å². The smallest absolute Gasteiger partial charge is 0.335 e. The molecule has 0 radical (unpaired) electrons. The minimum Gasteiger partial charge on any atom is -0.478 e. The van der Waals surface area contributed by atoms with E-state index in [0.717, 1.165) is 10.5 Å². The van der Waals surface area contributed by atoms with Crippen molar-refractivity contribution in [3.63, 3.8) is 0 Å². The number of nitrogens with zero attached hydrogens (tertiary/aromatic N) is 1. The molecule has 0 atom stereocenters. The summed E-state index contributed by atoms with van der Waals surface area (Å²) in [4.78, 5) is 16.4. The molecular weight excluding hydrogens is 274 g/mol. The van der Waals surface area contributed by atoms with E-state index in [1.807, 2.05) is 30.5 Å². The van der Waals surface area contributed by atoms with Crippen LogP contribution in [-0.4, -0.2) is 22.3 Å². The second-order valence-electron chi connectivity index (χ2n) is 4.21. The first kappa shape index (κ1) is 12.7. The van der Waals surface area contributed by atoms with Crippen molar-refractivity contribution in [1.29, 1.82) is 0 Å². The van der Waals surface area contributed by atoms with Crippen LogP contribution < -0.4 is 0 Å². The fourth-order valence-electron chi connectivity index (χ4n) is 2.00. The predicted octanol–water partition coefficient (Wildman–Crippen LogP) is 3.91. The maximum absolute atomic E-state index is 11.0. The molecule has 3 rings (SSSR count). The first-order valence-electron chi connectivity index (χ1n) is 5.96. The second-order valence-corrected chi connectivity index (χ2v) is 5.06. The van der Waals surface area contributed by atoms with Gasteiger partial charge in [0, 0.05) is 4.90 Å². The third kappa shape index (κ3) is 2.16. The zero-order valence-corrected chi connectivity index (χ0v) is 11.5. The van der Waals surface area contributed by atoms with E-state index in [1.54, 1.807) is 17.8 Å². The van der Waals surface area contributed by atoms with Crippen LogP contribution in [0.1, 0.15) is 10.4 Å². The van der Waals surface area contributed by atoms with Crippen molar-refractivity contribution < 1.29 is 14.3 Å². The molecule has 3 aromatic rings. The van der Waals surface area contributed by atoms with E-state index in [4.69, 9.17) is 9.52 Å². The Morgan fingerprint density at radius 3 is 2.80 bits per heavy atom. The lowest BCUT2D eigenvalue weighted by Gasteiger charge is -2.01. The summed E-state index contributed by atoms with van der Waals surface area (Å²) < 4.78 is 5.71. The van der Waals surface area contributed by atoms with Crippen molar-refractivity contribution >= 4 is 28.8 Å². The van der Waals surface area contributed by atoms with Gasteiger partial charge in [-0.2, -0.15) is 0 Å². The third-order valence-corrected chi connectivity index (χ3v) is 3.77. The number of hydrogen-bond donors (Lipinski definition) is 1. The second kappa shape index (κ2) is 5.02. The summed E-state index contributed by atoms with van der Waals surface area (Å²) in [6.07, 6.45) is 1.99. The number of carboxylic acids is 1. The number of oxazole rings is 1. The van der Waals surface area contributed by atoms with Gasteiger partial charge < -0.3 is 9.52 Å². The number of carbonyl (C=O) groups is 1. The normalized spacial score (nSPS) is 10.8. The summed E-state index contributed by atoms with van der Waals surface area (Å²) in [7, 11) is 0. The van der Waals surface area contributed by atoms with E-state index in [-0.39, 0.29) is 5.56 Å². The topological polar surface area (TPSA) is 63.3 Å². The number of thioether (sulfide) groups is 1. The molecule has 0 aliphatic heterocycles. The van der Waals surface area contributed by atoms with Gasteiger partial charge >= 0.3 is 5.97 Å². The van der Waals surface area contributed by atoms with E-state index in [9.17, 15) is 4.79 Å². The Morgan fingerprint density at radius 1 is 1.25 bits per heavy atom. The molecule has 2 aromatic carbocycles. The Morgan fingerprint density at radius 2 is 2.05 bits per heavy atom. The van der Waals surface area contributed by atoms with Gasteiger partial charge in [-0.15, -0.1) is 11.8 Å². The average molecular weight is 285 g/mol. The first-order chi connectivity index (χ1) is 9.69. The Bertz CT molecular complexity index is 795. The molecule has 0 saturated heterocycles. The van der Waals surface area contributed by atoms with Gasteiger partial charge in [0.25, 0.3) is 0 Å². The Balaban J connectivity index is 2.15. The van der Waals surface area contributed by atoms with E-state index < -0.39 is 5.97 Å². The molecule has 0 aliphatic carbocycles. The molecule has 1 N–H and O–H groups in total. The van der Waals surface area contributed by atoms with Crippen molar-refractivity contribution in [3.05, 3.63) is 48.0 Å². The van der Waals surface area contributed by atoms with Crippen LogP contribution in [0, 0.1) is 0 Å². The van der Waals surface area contributed by atoms with E-state index >= 15 is 0 Å². The van der Waals surface area contributed by atoms with Gasteiger partial charge in [0.2, 0.25) is 5.89 Å². The zero-order valence-electron chi connectivity index (χ0n) is 10.7. The van der Waals surface area contributed by atoms with E-state index in [2.05, 4.69) is 4.98 Å². The summed E-state index contributed by atoms with van der Waals surface area (Å²) >= 11 is 1.61. The SMILES string of the molecule is CSc1ccccc1-c1nc2cc(C(=O)O)ccc2o1. The molecule has 5 heteroatoms. The van der Waals surface area contributed by atoms with Crippen molar-refractivity contribution in [2.24, 2.45) is 0 Å². The van der Waals surface area contributed by atoms with Crippen molar-refractivity contribution in [1.82, 2.24) is 4.98 Å². The van der Waals surface area contributed by atoms with Crippen LogP contribution in [0.15, 0.2) is 51.8 Å². The number of rotatable bonds is 3. The van der Waals surface area contributed by atoms with Gasteiger partial charge in [-0.1, -0.05) is 12.1 Å². The number of fused-ring (bicyclic) bond motifs is 1. The van der Waals surface area contributed by atoms with Gasteiger partial charge in [0.15, 0.2) is 5.58 Å². The molecule has 20 heavy (non-hydrogen) atoms. The molecule has 4 nitrogen and oxygen atoms in total. The molecule has 0 unspecified atom stereocenters. The Labute approximate surface area is 119 Å². The number of benzene rings is 2. The van der Waals surface area contributed by atoms with Gasteiger partial charge in [0.05, 0.1) is 11.1 Å². The standard InChI is InChI=1S/C15H11NO3S/c1-20-13-5-3-2-4-10(13)14-16-11-8-9(15(17)18)6-7-12(11)19-14/h2-8H,1H3,(H,17,18). The molecule has 0 amide bonds. The molecule has 0 saturated carbocycles. The zero-order chi connectivity index (χ0) is 14.1. The molecule has 0 bridgehead atoms. The van der Waals surface area contributed by atoms with Crippen LogP contribution in [0.5, 0.6) is 0 Å². The maximum atomic E-state index is 11.0. The van der Waals surface area contributed by atoms with Crippen LogP contribution in [0.2, 0.25) is 0 Å². The summed E-state index contributed by atoms with van der Waals surface area (Å²) in [5.74, 6) is -0.464. The number of aromatic carboxylic acids is 1. The maximum Gasteiger partial charge on any atom is 0.335 e. The summed E-state index contributed by atoms with van der Waals surface area (Å²) in [6, 6.07) is 12.5. The molecule has 0 spiro atoms. The van der Waals surface area contributed by atoms with Gasteiger partial charge in [-0.25, -0.2) is 9.78 Å². The first-order valence-corrected chi connectivity index (χ1v) is 7.19. The fourth-order valence-corrected chi connectivity index (χ4v) is 2.59. The van der Waals surface area contributed by atoms with Crippen molar-refractivity contribution in [3.8, 4) is 11.5 Å².